The fraction of sp³-hybridized carbons (Fsp3) is 0.200. The maximum absolute atomic E-state index is 11.5. The molecule has 0 atom stereocenters. The number of carbonyl (C=O) groups is 1. The number of carbonyl (C=O) groups excluding carboxylic acids is 1. The Kier molecular flexibility index (Phi) is 2.90. The Morgan fingerprint density at radius 3 is 3.00 bits per heavy atom. The van der Waals surface area contributed by atoms with Crippen molar-refractivity contribution in [2.75, 3.05) is 5.32 Å². The monoisotopic (exact) mass is 218 g/mol. The number of anilines is 1. The number of aromatic nitrogens is 3. The van der Waals surface area contributed by atoms with Crippen molar-refractivity contribution in [2.24, 2.45) is 0 Å². The first-order chi connectivity index (χ1) is 7.74. The maximum atomic E-state index is 11.5. The first-order valence-corrected chi connectivity index (χ1v) is 4.74. The SMILES string of the molecule is Cc1nc(CC(=O)Nc2ccccn2)no1. The Morgan fingerprint density at radius 1 is 1.50 bits per heavy atom. The van der Waals surface area contributed by atoms with Gasteiger partial charge in [0.05, 0.1) is 6.42 Å². The molecule has 0 aliphatic carbocycles. The van der Waals surface area contributed by atoms with Gasteiger partial charge in [0.15, 0.2) is 5.82 Å². The molecular formula is C10H10N4O2. The highest BCUT2D eigenvalue weighted by molar-refractivity contribution is 5.90. The van der Waals surface area contributed by atoms with Crippen molar-refractivity contribution in [3.05, 3.63) is 36.1 Å². The van der Waals surface area contributed by atoms with Gasteiger partial charge in [0.2, 0.25) is 11.8 Å². The predicted octanol–water partition coefficient (Wildman–Crippen LogP) is 0.954. The van der Waals surface area contributed by atoms with Crippen LogP contribution in [-0.2, 0) is 11.2 Å². The molecule has 0 radical (unpaired) electrons. The zero-order valence-corrected chi connectivity index (χ0v) is 8.67. The van der Waals surface area contributed by atoms with E-state index in [1.807, 2.05) is 0 Å². The van der Waals surface area contributed by atoms with Crippen LogP contribution in [0, 0.1) is 6.92 Å². The Hall–Kier alpha value is -2.24. The number of aryl methyl sites for hydroxylation is 1. The Labute approximate surface area is 91.7 Å². The van der Waals surface area contributed by atoms with Gasteiger partial charge in [-0.25, -0.2) is 4.98 Å². The fourth-order valence-corrected chi connectivity index (χ4v) is 1.18. The van der Waals surface area contributed by atoms with Gasteiger partial charge in [-0.05, 0) is 12.1 Å². The average molecular weight is 218 g/mol. The van der Waals surface area contributed by atoms with Gasteiger partial charge in [-0.2, -0.15) is 4.98 Å². The summed E-state index contributed by atoms with van der Waals surface area (Å²) in [7, 11) is 0. The summed E-state index contributed by atoms with van der Waals surface area (Å²) >= 11 is 0. The number of nitrogens with zero attached hydrogens (tertiary/aromatic N) is 3. The molecule has 2 aromatic heterocycles. The standard InChI is InChI=1S/C10H10N4O2/c1-7-12-9(14-16-7)6-10(15)13-8-4-2-3-5-11-8/h2-5H,6H2,1H3,(H,11,13,15). The van der Waals surface area contributed by atoms with Gasteiger partial charge in [-0.3, -0.25) is 4.79 Å². The van der Waals surface area contributed by atoms with Gasteiger partial charge in [0.25, 0.3) is 0 Å². The normalized spacial score (nSPS) is 10.1. The van der Waals surface area contributed by atoms with Crippen molar-refractivity contribution < 1.29 is 9.32 Å². The molecule has 0 aromatic carbocycles. The number of nitrogens with one attached hydrogen (secondary N) is 1. The van der Waals surface area contributed by atoms with Crippen molar-refractivity contribution in [1.82, 2.24) is 15.1 Å². The predicted molar refractivity (Wildman–Crippen MR) is 55.6 cm³/mol. The number of rotatable bonds is 3. The van der Waals surface area contributed by atoms with E-state index in [0.29, 0.717) is 17.5 Å². The van der Waals surface area contributed by atoms with E-state index in [1.54, 1.807) is 31.3 Å². The molecule has 16 heavy (non-hydrogen) atoms. The van der Waals surface area contributed by atoms with Crippen LogP contribution in [0.25, 0.3) is 0 Å². The summed E-state index contributed by atoms with van der Waals surface area (Å²) in [5.41, 5.74) is 0. The number of hydrogen-bond donors (Lipinski definition) is 1. The van der Waals surface area contributed by atoms with Gasteiger partial charge >= 0.3 is 0 Å². The van der Waals surface area contributed by atoms with E-state index < -0.39 is 0 Å². The van der Waals surface area contributed by atoms with E-state index in [0.717, 1.165) is 0 Å². The lowest BCUT2D eigenvalue weighted by Crippen LogP contribution is -2.15. The van der Waals surface area contributed by atoms with Gasteiger partial charge in [0, 0.05) is 13.1 Å². The molecule has 82 valence electrons. The highest BCUT2D eigenvalue weighted by atomic mass is 16.5. The zero-order valence-electron chi connectivity index (χ0n) is 8.67. The molecule has 2 rings (SSSR count). The van der Waals surface area contributed by atoms with Gasteiger partial charge in [-0.15, -0.1) is 0 Å². The maximum Gasteiger partial charge on any atom is 0.233 e. The average Bonchev–Trinajstić information content (AvgIpc) is 2.65. The fourth-order valence-electron chi connectivity index (χ4n) is 1.18. The molecule has 0 aliphatic rings. The third-order valence-corrected chi connectivity index (χ3v) is 1.82. The summed E-state index contributed by atoms with van der Waals surface area (Å²) in [5, 5.41) is 6.26. The number of amides is 1. The first-order valence-electron chi connectivity index (χ1n) is 4.74. The van der Waals surface area contributed by atoms with Crippen LogP contribution in [0.5, 0.6) is 0 Å². The number of pyridine rings is 1. The third-order valence-electron chi connectivity index (χ3n) is 1.82. The zero-order chi connectivity index (χ0) is 11.4. The summed E-state index contributed by atoms with van der Waals surface area (Å²) in [6.07, 6.45) is 1.68. The smallest absolute Gasteiger partial charge is 0.233 e. The summed E-state index contributed by atoms with van der Waals surface area (Å²) in [5.74, 6) is 1.10. The van der Waals surface area contributed by atoms with E-state index in [4.69, 9.17) is 4.52 Å². The molecule has 0 saturated carbocycles. The number of hydrogen-bond acceptors (Lipinski definition) is 5. The lowest BCUT2D eigenvalue weighted by molar-refractivity contribution is -0.115. The minimum Gasteiger partial charge on any atom is -0.340 e. The van der Waals surface area contributed by atoms with Gasteiger partial charge < -0.3 is 9.84 Å². The van der Waals surface area contributed by atoms with Crippen molar-refractivity contribution in [3.8, 4) is 0 Å². The van der Waals surface area contributed by atoms with E-state index in [9.17, 15) is 4.79 Å². The quantitative estimate of drug-likeness (QED) is 0.829. The lowest BCUT2D eigenvalue weighted by Gasteiger charge is -2.00. The van der Waals surface area contributed by atoms with Crippen molar-refractivity contribution in [2.45, 2.75) is 13.3 Å². The summed E-state index contributed by atoms with van der Waals surface area (Å²) in [6.45, 7) is 1.67. The van der Waals surface area contributed by atoms with Crippen LogP contribution in [0.2, 0.25) is 0 Å². The van der Waals surface area contributed by atoms with Crippen molar-refractivity contribution in [3.63, 3.8) is 0 Å². The molecule has 0 spiro atoms. The molecule has 2 aromatic rings. The molecule has 1 amide bonds. The molecule has 6 heteroatoms. The van der Waals surface area contributed by atoms with E-state index in [2.05, 4.69) is 20.4 Å². The third kappa shape index (κ3) is 2.63. The van der Waals surface area contributed by atoms with Crippen molar-refractivity contribution in [1.29, 1.82) is 0 Å². The minimum absolute atomic E-state index is 0.0773. The molecule has 6 nitrogen and oxygen atoms in total. The van der Waals surface area contributed by atoms with Crippen LogP contribution in [0.4, 0.5) is 5.82 Å². The van der Waals surface area contributed by atoms with Crippen LogP contribution in [0.15, 0.2) is 28.9 Å². The second-order valence-electron chi connectivity index (χ2n) is 3.17. The van der Waals surface area contributed by atoms with Crippen molar-refractivity contribution >= 4 is 11.7 Å². The molecule has 0 bridgehead atoms. The van der Waals surface area contributed by atoms with Crippen LogP contribution >= 0.6 is 0 Å². The first kappa shape index (κ1) is 10.3. The molecule has 0 saturated heterocycles. The summed E-state index contributed by atoms with van der Waals surface area (Å²) < 4.78 is 4.76. The van der Waals surface area contributed by atoms with Gasteiger partial charge in [0.1, 0.15) is 5.82 Å². The topological polar surface area (TPSA) is 80.9 Å². The lowest BCUT2D eigenvalue weighted by atomic mass is 10.3. The molecular weight excluding hydrogens is 208 g/mol. The molecule has 1 N–H and O–H groups in total. The Balaban J connectivity index is 1.95. The molecule has 0 fully saturated rings. The van der Waals surface area contributed by atoms with Crippen LogP contribution in [-0.4, -0.2) is 21.0 Å². The van der Waals surface area contributed by atoms with E-state index in [-0.39, 0.29) is 12.3 Å². The van der Waals surface area contributed by atoms with Gasteiger partial charge in [-0.1, -0.05) is 11.2 Å². The summed E-state index contributed by atoms with van der Waals surface area (Å²) in [6, 6.07) is 5.28. The molecule has 0 unspecified atom stereocenters. The second kappa shape index (κ2) is 4.52. The molecule has 2 heterocycles. The minimum atomic E-state index is -0.223. The summed E-state index contributed by atoms with van der Waals surface area (Å²) in [4.78, 5) is 19.4. The van der Waals surface area contributed by atoms with E-state index >= 15 is 0 Å². The Bertz CT molecular complexity index is 481. The van der Waals surface area contributed by atoms with Crippen LogP contribution < -0.4 is 5.32 Å². The highest BCUT2D eigenvalue weighted by Gasteiger charge is 2.09. The second-order valence-corrected chi connectivity index (χ2v) is 3.17. The van der Waals surface area contributed by atoms with Crippen LogP contribution in [0.3, 0.4) is 0 Å². The van der Waals surface area contributed by atoms with Crippen LogP contribution in [0.1, 0.15) is 11.7 Å². The highest BCUT2D eigenvalue weighted by Crippen LogP contribution is 2.02. The molecule has 0 aliphatic heterocycles. The Morgan fingerprint density at radius 2 is 2.38 bits per heavy atom. The van der Waals surface area contributed by atoms with E-state index in [1.165, 1.54) is 0 Å². The largest absolute Gasteiger partial charge is 0.340 e.